The van der Waals surface area contributed by atoms with Crippen LogP contribution in [0.2, 0.25) is 5.02 Å². The van der Waals surface area contributed by atoms with E-state index in [-0.39, 0.29) is 17.2 Å². The lowest BCUT2D eigenvalue weighted by Gasteiger charge is -2.15. The predicted molar refractivity (Wildman–Crippen MR) is 141 cm³/mol. The molecule has 1 aromatic heterocycles. The average molecular weight is 527 g/mol. The van der Waals surface area contributed by atoms with E-state index in [1.54, 1.807) is 12.1 Å². The molecule has 3 rings (SSSR count). The van der Waals surface area contributed by atoms with Crippen LogP contribution in [0, 0.1) is 25.2 Å². The smallest absolute Gasteiger partial charge is 0.268 e. The zero-order valence-corrected chi connectivity index (χ0v) is 22.1. The van der Waals surface area contributed by atoms with Crippen LogP contribution in [0.5, 0.6) is 17.2 Å². The van der Waals surface area contributed by atoms with Crippen molar-refractivity contribution in [3.05, 3.63) is 62.6 Å². The summed E-state index contributed by atoms with van der Waals surface area (Å²) in [5.74, 6) is 0.939. The molecule has 0 radical (unpaired) electrons. The molecule has 0 bridgehead atoms. The fourth-order valence-electron chi connectivity index (χ4n) is 3.11. The topological polar surface area (TPSA) is 106 Å². The van der Waals surface area contributed by atoms with E-state index in [0.29, 0.717) is 41.8 Å². The minimum atomic E-state index is -0.589. The number of carbonyl (C=O) groups is 1. The lowest BCUT2D eigenvalue weighted by Crippen LogP contribution is -2.13. The quantitative estimate of drug-likeness (QED) is 0.192. The maximum absolute atomic E-state index is 12.6. The number of nitrogens with one attached hydrogen (secondary N) is 1. The van der Waals surface area contributed by atoms with Gasteiger partial charge in [0.05, 0.1) is 11.6 Å². The molecule has 2 aromatic carbocycles. The highest BCUT2D eigenvalue weighted by atomic mass is 35.5. The number of benzene rings is 2. The largest absolute Gasteiger partial charge is 0.490 e. The normalized spacial score (nSPS) is 11.1. The molecule has 1 amide bonds. The Morgan fingerprint density at radius 2 is 1.89 bits per heavy atom. The van der Waals surface area contributed by atoms with Crippen LogP contribution >= 0.6 is 22.9 Å². The van der Waals surface area contributed by atoms with Crippen LogP contribution in [0.3, 0.4) is 0 Å². The van der Waals surface area contributed by atoms with Gasteiger partial charge in [0.2, 0.25) is 5.13 Å². The van der Waals surface area contributed by atoms with Crippen LogP contribution in [0.1, 0.15) is 35.5 Å². The Morgan fingerprint density at radius 3 is 2.56 bits per heavy atom. The molecule has 0 spiro atoms. The van der Waals surface area contributed by atoms with Crippen molar-refractivity contribution in [3.8, 4) is 23.3 Å². The Bertz CT molecular complexity index is 1300. The lowest BCUT2D eigenvalue weighted by atomic mass is 10.1. The van der Waals surface area contributed by atoms with Gasteiger partial charge in [0.1, 0.15) is 35.6 Å². The fourth-order valence-corrected chi connectivity index (χ4v) is 4.06. The molecule has 10 heteroatoms. The van der Waals surface area contributed by atoms with E-state index in [0.717, 1.165) is 16.3 Å². The number of aromatic nitrogens is 2. The van der Waals surface area contributed by atoms with Crippen LogP contribution in [-0.4, -0.2) is 35.9 Å². The van der Waals surface area contributed by atoms with Gasteiger partial charge in [-0.05, 0) is 74.2 Å². The monoisotopic (exact) mass is 526 g/mol. The minimum Gasteiger partial charge on any atom is -0.490 e. The summed E-state index contributed by atoms with van der Waals surface area (Å²) in [5, 5.41) is 21.4. The van der Waals surface area contributed by atoms with Gasteiger partial charge in [-0.1, -0.05) is 35.9 Å². The number of halogens is 1. The van der Waals surface area contributed by atoms with Crippen molar-refractivity contribution in [2.45, 2.75) is 34.1 Å². The molecule has 0 aliphatic heterocycles. The fraction of sp³-hybridized carbons (Fsp3) is 0.308. The summed E-state index contributed by atoms with van der Waals surface area (Å²) >= 11 is 7.74. The number of hydrogen-bond acceptors (Lipinski definition) is 8. The van der Waals surface area contributed by atoms with Crippen LogP contribution in [0.25, 0.3) is 6.08 Å². The van der Waals surface area contributed by atoms with E-state index in [4.69, 9.17) is 25.8 Å². The van der Waals surface area contributed by atoms with Crippen molar-refractivity contribution in [2.75, 3.05) is 25.1 Å². The third kappa shape index (κ3) is 7.20. The maximum Gasteiger partial charge on any atom is 0.268 e. The molecule has 0 saturated carbocycles. The summed E-state index contributed by atoms with van der Waals surface area (Å²) in [7, 11) is 0. The van der Waals surface area contributed by atoms with Gasteiger partial charge in [-0.25, -0.2) is 0 Å². The van der Waals surface area contributed by atoms with Gasteiger partial charge in [-0.3, -0.25) is 10.1 Å². The Morgan fingerprint density at radius 1 is 1.11 bits per heavy atom. The molecule has 188 valence electrons. The molecule has 0 saturated heterocycles. The summed E-state index contributed by atoms with van der Waals surface area (Å²) in [6.07, 6.45) is 2.14. The Hall–Kier alpha value is -3.61. The van der Waals surface area contributed by atoms with Gasteiger partial charge in [0, 0.05) is 0 Å². The second kappa shape index (κ2) is 12.9. The van der Waals surface area contributed by atoms with Gasteiger partial charge in [-0.15, -0.1) is 10.2 Å². The van der Waals surface area contributed by atoms with E-state index >= 15 is 0 Å². The van der Waals surface area contributed by atoms with Crippen molar-refractivity contribution in [2.24, 2.45) is 0 Å². The third-order valence-electron chi connectivity index (χ3n) is 5.07. The van der Waals surface area contributed by atoms with E-state index in [9.17, 15) is 10.1 Å². The number of nitriles is 1. The van der Waals surface area contributed by atoms with E-state index < -0.39 is 5.91 Å². The Kier molecular flexibility index (Phi) is 9.68. The van der Waals surface area contributed by atoms with Crippen molar-refractivity contribution in [1.29, 1.82) is 5.26 Å². The molecule has 0 aliphatic rings. The number of ether oxygens (including phenoxy) is 3. The summed E-state index contributed by atoms with van der Waals surface area (Å²) in [5.41, 5.74) is 2.75. The molecular formula is C26H27ClN4O4S. The van der Waals surface area contributed by atoms with E-state index in [2.05, 4.69) is 15.5 Å². The molecule has 1 heterocycles. The molecular weight excluding hydrogens is 500 g/mol. The highest BCUT2D eigenvalue weighted by Gasteiger charge is 2.16. The molecule has 36 heavy (non-hydrogen) atoms. The zero-order chi connectivity index (χ0) is 26.1. The number of aryl methyl sites for hydroxylation is 3. The predicted octanol–water partition coefficient (Wildman–Crippen LogP) is 5.77. The summed E-state index contributed by atoms with van der Waals surface area (Å²) in [4.78, 5) is 12.6. The first-order valence-electron chi connectivity index (χ1n) is 11.4. The molecule has 0 aliphatic carbocycles. The van der Waals surface area contributed by atoms with Gasteiger partial charge >= 0.3 is 0 Å². The van der Waals surface area contributed by atoms with Crippen molar-refractivity contribution in [3.63, 3.8) is 0 Å². The van der Waals surface area contributed by atoms with Crippen LogP contribution in [0.15, 0.2) is 35.9 Å². The lowest BCUT2D eigenvalue weighted by molar-refractivity contribution is -0.112. The Balaban J connectivity index is 1.71. The van der Waals surface area contributed by atoms with Crippen LogP contribution in [0.4, 0.5) is 5.13 Å². The first kappa shape index (κ1) is 27.0. The standard InChI is InChI=1S/C26H27ClN4O4S/c1-5-23-30-31-26(36-23)29-25(32)19(15-28)12-18-13-21(27)24(22(14-18)33-6-2)35-10-9-34-20-8-7-16(3)17(4)11-20/h7-8,11-14H,5-6,9-10H2,1-4H3,(H,29,31,32)/b19-12-. The Labute approximate surface area is 219 Å². The van der Waals surface area contributed by atoms with Crippen molar-refractivity contribution < 1.29 is 19.0 Å². The summed E-state index contributed by atoms with van der Waals surface area (Å²) in [6.45, 7) is 8.79. The molecule has 0 atom stereocenters. The average Bonchev–Trinajstić information content (AvgIpc) is 3.31. The number of rotatable bonds is 11. The third-order valence-corrected chi connectivity index (χ3v) is 6.34. The second-order valence-electron chi connectivity index (χ2n) is 7.68. The number of carbonyl (C=O) groups excluding carboxylic acids is 1. The molecule has 0 unspecified atom stereocenters. The van der Waals surface area contributed by atoms with Gasteiger partial charge in [0.25, 0.3) is 5.91 Å². The molecule has 1 N–H and O–H groups in total. The summed E-state index contributed by atoms with van der Waals surface area (Å²) in [6, 6.07) is 11.1. The van der Waals surface area contributed by atoms with Crippen LogP contribution < -0.4 is 19.5 Å². The molecule has 3 aromatic rings. The van der Waals surface area contributed by atoms with Crippen molar-refractivity contribution in [1.82, 2.24) is 10.2 Å². The maximum atomic E-state index is 12.6. The SMILES string of the molecule is CCOc1cc(/C=C(/C#N)C(=O)Nc2nnc(CC)s2)cc(Cl)c1OCCOc1ccc(C)c(C)c1. The molecule has 8 nitrogen and oxygen atoms in total. The van der Waals surface area contributed by atoms with Gasteiger partial charge in [0.15, 0.2) is 11.5 Å². The number of hydrogen-bond donors (Lipinski definition) is 1. The van der Waals surface area contributed by atoms with Gasteiger partial charge in [-0.2, -0.15) is 5.26 Å². The van der Waals surface area contributed by atoms with Crippen LogP contribution in [-0.2, 0) is 11.2 Å². The highest BCUT2D eigenvalue weighted by molar-refractivity contribution is 7.15. The number of anilines is 1. The minimum absolute atomic E-state index is 0.114. The van der Waals surface area contributed by atoms with Crippen molar-refractivity contribution >= 4 is 40.1 Å². The van der Waals surface area contributed by atoms with E-state index in [1.807, 2.05) is 52.0 Å². The molecule has 0 fully saturated rings. The van der Waals surface area contributed by atoms with E-state index in [1.165, 1.54) is 23.0 Å². The zero-order valence-electron chi connectivity index (χ0n) is 20.6. The second-order valence-corrected chi connectivity index (χ2v) is 9.15. The first-order chi connectivity index (χ1) is 17.3. The summed E-state index contributed by atoms with van der Waals surface area (Å²) < 4.78 is 17.3. The first-order valence-corrected chi connectivity index (χ1v) is 12.6. The van der Waals surface area contributed by atoms with Gasteiger partial charge < -0.3 is 14.2 Å². The number of nitrogens with zero attached hydrogens (tertiary/aromatic N) is 3. The highest BCUT2D eigenvalue weighted by Crippen LogP contribution is 2.37. The number of amides is 1.